The van der Waals surface area contributed by atoms with Gasteiger partial charge in [0.15, 0.2) is 11.5 Å². The van der Waals surface area contributed by atoms with Crippen molar-refractivity contribution in [1.82, 2.24) is 19.4 Å². The predicted octanol–water partition coefficient (Wildman–Crippen LogP) is 3.98. The number of morpholine rings is 1. The van der Waals surface area contributed by atoms with E-state index in [1.807, 2.05) is 28.8 Å². The number of hydrogen-bond acceptors (Lipinski definition) is 6. The van der Waals surface area contributed by atoms with Gasteiger partial charge in [-0.15, -0.1) is 0 Å². The van der Waals surface area contributed by atoms with Gasteiger partial charge in [0, 0.05) is 37.6 Å². The molecule has 4 aromatic rings. The Morgan fingerprint density at radius 2 is 1.77 bits per heavy atom. The lowest BCUT2D eigenvalue weighted by Crippen LogP contribution is -2.35. The molecule has 0 spiro atoms. The van der Waals surface area contributed by atoms with E-state index in [4.69, 9.17) is 16.3 Å². The number of pyridine rings is 1. The van der Waals surface area contributed by atoms with Crippen LogP contribution in [0.15, 0.2) is 54.7 Å². The molecule has 2 N–H and O–H groups in total. The maximum atomic E-state index is 10.5. The maximum Gasteiger partial charge on any atom is 0.164 e. The van der Waals surface area contributed by atoms with E-state index in [1.165, 1.54) is 17.7 Å². The van der Waals surface area contributed by atoms with Crippen LogP contribution in [0.1, 0.15) is 5.56 Å². The number of aromatic hydroxyl groups is 2. The fourth-order valence-corrected chi connectivity index (χ4v) is 4.00. The molecule has 0 aliphatic carbocycles. The summed E-state index contributed by atoms with van der Waals surface area (Å²) in [6.07, 6.45) is 1.71. The zero-order valence-corrected chi connectivity index (χ0v) is 17.5. The average Bonchev–Trinajstić information content (AvgIpc) is 3.17. The molecule has 31 heavy (non-hydrogen) atoms. The Bertz CT molecular complexity index is 1230. The van der Waals surface area contributed by atoms with E-state index < -0.39 is 0 Å². The molecule has 0 atom stereocenters. The molecule has 7 nitrogen and oxygen atoms in total. The number of halogens is 1. The van der Waals surface area contributed by atoms with Crippen molar-refractivity contribution in [1.29, 1.82) is 0 Å². The summed E-state index contributed by atoms with van der Waals surface area (Å²) < 4.78 is 7.31. The van der Waals surface area contributed by atoms with Gasteiger partial charge in [0.05, 0.1) is 23.8 Å². The van der Waals surface area contributed by atoms with Gasteiger partial charge < -0.3 is 14.9 Å². The van der Waals surface area contributed by atoms with E-state index in [2.05, 4.69) is 27.0 Å². The average molecular weight is 437 g/mol. The van der Waals surface area contributed by atoms with Crippen LogP contribution >= 0.6 is 11.6 Å². The van der Waals surface area contributed by atoms with E-state index in [0.29, 0.717) is 22.6 Å². The molecule has 8 heteroatoms. The molecule has 1 saturated heterocycles. The Morgan fingerprint density at radius 1 is 1.00 bits per heavy atom. The first-order chi connectivity index (χ1) is 15.1. The highest BCUT2D eigenvalue weighted by Crippen LogP contribution is 2.38. The third kappa shape index (κ3) is 3.83. The molecule has 1 aliphatic heterocycles. The summed E-state index contributed by atoms with van der Waals surface area (Å²) in [7, 11) is 0. The molecule has 0 unspecified atom stereocenters. The normalized spacial score (nSPS) is 14.9. The highest BCUT2D eigenvalue weighted by atomic mass is 35.5. The lowest BCUT2D eigenvalue weighted by atomic mass is 10.1. The molecule has 1 fully saturated rings. The number of imidazole rings is 1. The monoisotopic (exact) mass is 436 g/mol. The molecule has 1 aliphatic rings. The van der Waals surface area contributed by atoms with Crippen molar-refractivity contribution in [3.05, 3.63) is 65.3 Å². The Hall–Kier alpha value is -3.13. The molecule has 2 aromatic carbocycles. The first-order valence-corrected chi connectivity index (χ1v) is 10.4. The van der Waals surface area contributed by atoms with E-state index in [1.54, 1.807) is 6.20 Å². The van der Waals surface area contributed by atoms with Crippen LogP contribution in [0, 0.1) is 0 Å². The molecule has 5 rings (SSSR count). The van der Waals surface area contributed by atoms with Crippen molar-refractivity contribution < 1.29 is 14.9 Å². The summed E-state index contributed by atoms with van der Waals surface area (Å²) in [5.74, 6) is 0.201. The van der Waals surface area contributed by atoms with Crippen molar-refractivity contribution in [2.24, 2.45) is 0 Å². The fourth-order valence-electron chi connectivity index (χ4n) is 3.84. The minimum Gasteiger partial charge on any atom is -0.507 e. The number of benzene rings is 2. The van der Waals surface area contributed by atoms with Crippen LogP contribution in [0.4, 0.5) is 0 Å². The summed E-state index contributed by atoms with van der Waals surface area (Å²) in [5.41, 5.74) is 3.85. The van der Waals surface area contributed by atoms with E-state index >= 15 is 0 Å². The number of aromatic nitrogens is 3. The van der Waals surface area contributed by atoms with Crippen molar-refractivity contribution >= 4 is 22.8 Å². The minimum atomic E-state index is -0.184. The first kappa shape index (κ1) is 19.8. The largest absolute Gasteiger partial charge is 0.507 e. The number of hydrogen-bond donors (Lipinski definition) is 2. The SMILES string of the molecule is Oc1cc(O)c(-c2nc3cccnc3n2-c2ccc(CN3CCOCC3)cc2)cc1Cl. The van der Waals surface area contributed by atoms with Crippen molar-refractivity contribution in [2.45, 2.75) is 6.54 Å². The van der Waals surface area contributed by atoms with Gasteiger partial charge in [-0.1, -0.05) is 23.7 Å². The molecule has 158 valence electrons. The molecule has 3 heterocycles. The zero-order valence-electron chi connectivity index (χ0n) is 16.7. The second-order valence-corrected chi connectivity index (χ2v) is 7.90. The van der Waals surface area contributed by atoms with Crippen molar-refractivity contribution in [3.8, 4) is 28.6 Å². The van der Waals surface area contributed by atoms with Crippen molar-refractivity contribution in [3.63, 3.8) is 0 Å². The van der Waals surface area contributed by atoms with Crippen LogP contribution in [0.5, 0.6) is 11.5 Å². The number of rotatable bonds is 4. The van der Waals surface area contributed by atoms with Crippen LogP contribution in [-0.4, -0.2) is 56.0 Å². The molecule has 0 amide bonds. The predicted molar refractivity (Wildman–Crippen MR) is 119 cm³/mol. The van der Waals surface area contributed by atoms with E-state index in [0.717, 1.165) is 38.5 Å². The maximum absolute atomic E-state index is 10.5. The van der Waals surface area contributed by atoms with Gasteiger partial charge in [-0.2, -0.15) is 0 Å². The smallest absolute Gasteiger partial charge is 0.164 e. The third-order valence-corrected chi connectivity index (χ3v) is 5.73. The highest BCUT2D eigenvalue weighted by molar-refractivity contribution is 6.32. The van der Waals surface area contributed by atoms with E-state index in [9.17, 15) is 10.2 Å². The summed E-state index contributed by atoms with van der Waals surface area (Å²) >= 11 is 6.12. The Labute approximate surface area is 184 Å². The summed E-state index contributed by atoms with van der Waals surface area (Å²) in [6, 6.07) is 14.6. The van der Waals surface area contributed by atoms with Gasteiger partial charge in [0.2, 0.25) is 0 Å². The quantitative estimate of drug-likeness (QED) is 0.503. The Kier molecular flexibility index (Phi) is 5.23. The molecule has 0 radical (unpaired) electrons. The van der Waals surface area contributed by atoms with Crippen LogP contribution in [0.2, 0.25) is 5.02 Å². The lowest BCUT2D eigenvalue weighted by Gasteiger charge is -2.26. The van der Waals surface area contributed by atoms with Gasteiger partial charge >= 0.3 is 0 Å². The molecule has 0 saturated carbocycles. The first-order valence-electron chi connectivity index (χ1n) is 10.0. The molecule has 2 aromatic heterocycles. The lowest BCUT2D eigenvalue weighted by molar-refractivity contribution is 0.0342. The van der Waals surface area contributed by atoms with Crippen LogP contribution < -0.4 is 0 Å². The second kappa shape index (κ2) is 8.19. The molecular weight excluding hydrogens is 416 g/mol. The van der Waals surface area contributed by atoms with Crippen LogP contribution in [0.3, 0.4) is 0 Å². The zero-order chi connectivity index (χ0) is 21.4. The van der Waals surface area contributed by atoms with Gasteiger partial charge in [-0.25, -0.2) is 9.97 Å². The van der Waals surface area contributed by atoms with Gasteiger partial charge in [0.25, 0.3) is 0 Å². The standard InChI is InChI=1S/C23H21ClN4O3/c24-18-12-17(20(29)13-21(18)30)22-26-19-2-1-7-25-23(19)28(22)16-5-3-15(4-6-16)14-27-8-10-31-11-9-27/h1-7,12-13,29-30H,8-11,14H2. The second-order valence-electron chi connectivity index (χ2n) is 7.49. The summed E-state index contributed by atoms with van der Waals surface area (Å²) in [5, 5.41) is 20.4. The molecular formula is C23H21ClN4O3. The minimum absolute atomic E-state index is 0.109. The number of ether oxygens (including phenoxy) is 1. The highest BCUT2D eigenvalue weighted by Gasteiger charge is 2.20. The summed E-state index contributed by atoms with van der Waals surface area (Å²) in [6.45, 7) is 4.28. The van der Waals surface area contributed by atoms with Gasteiger partial charge in [-0.05, 0) is 35.9 Å². The number of fused-ring (bicyclic) bond motifs is 1. The number of phenolic OH excluding ortho intramolecular Hbond substituents is 2. The van der Waals surface area contributed by atoms with Gasteiger partial charge in [-0.3, -0.25) is 9.47 Å². The van der Waals surface area contributed by atoms with E-state index in [-0.39, 0.29) is 16.5 Å². The Morgan fingerprint density at radius 3 is 2.55 bits per heavy atom. The topological polar surface area (TPSA) is 83.6 Å². The summed E-state index contributed by atoms with van der Waals surface area (Å²) in [4.78, 5) is 11.6. The van der Waals surface area contributed by atoms with Crippen molar-refractivity contribution in [2.75, 3.05) is 26.3 Å². The number of nitrogens with zero attached hydrogens (tertiary/aromatic N) is 4. The fraction of sp³-hybridized carbons (Fsp3) is 0.217. The molecule has 0 bridgehead atoms. The number of phenols is 2. The van der Waals surface area contributed by atoms with Gasteiger partial charge in [0.1, 0.15) is 17.0 Å². The van der Waals surface area contributed by atoms with Crippen LogP contribution in [-0.2, 0) is 11.3 Å². The van der Waals surface area contributed by atoms with Crippen LogP contribution in [0.25, 0.3) is 28.2 Å². The third-order valence-electron chi connectivity index (χ3n) is 5.43. The Balaban J connectivity index is 1.58.